The largest absolute Gasteiger partial charge is 0.379 e. The molecule has 162 valence electrons. The zero-order chi connectivity index (χ0) is 20.7. The van der Waals surface area contributed by atoms with E-state index in [2.05, 4.69) is 20.5 Å². The highest BCUT2D eigenvalue weighted by molar-refractivity contribution is 7.89. The van der Waals surface area contributed by atoms with Crippen LogP contribution in [-0.2, 0) is 14.8 Å². The maximum atomic E-state index is 13.4. The summed E-state index contributed by atoms with van der Waals surface area (Å²) in [5, 5.41) is 6.50. The molecule has 2 aliphatic rings. The Morgan fingerprint density at radius 3 is 2.55 bits per heavy atom. The van der Waals surface area contributed by atoms with Crippen molar-refractivity contribution in [3.05, 3.63) is 35.6 Å². The maximum Gasteiger partial charge on any atom is 0.214 e. The first-order valence-electron chi connectivity index (χ1n) is 9.99. The van der Waals surface area contributed by atoms with Crippen LogP contribution in [0.25, 0.3) is 0 Å². The SMILES string of the molecule is CN=C(NCCN1CCCS1(=O)=O)NCC(c1ccc(F)cc1)N1CCOCC1. The number of halogens is 1. The molecule has 8 nitrogen and oxygen atoms in total. The smallest absolute Gasteiger partial charge is 0.214 e. The molecule has 0 spiro atoms. The molecule has 0 bridgehead atoms. The molecule has 2 saturated heterocycles. The Morgan fingerprint density at radius 2 is 1.93 bits per heavy atom. The van der Waals surface area contributed by atoms with Crippen LogP contribution < -0.4 is 10.6 Å². The minimum absolute atomic E-state index is 0.0528. The average molecular weight is 428 g/mol. The Hall–Kier alpha value is -1.75. The molecular weight excluding hydrogens is 397 g/mol. The van der Waals surface area contributed by atoms with E-state index < -0.39 is 10.0 Å². The molecule has 2 fully saturated rings. The summed E-state index contributed by atoms with van der Waals surface area (Å²) in [7, 11) is -1.40. The molecule has 0 amide bonds. The van der Waals surface area contributed by atoms with Gasteiger partial charge in [0.05, 0.1) is 25.0 Å². The van der Waals surface area contributed by atoms with E-state index >= 15 is 0 Å². The van der Waals surface area contributed by atoms with Crippen molar-refractivity contribution >= 4 is 16.0 Å². The molecular formula is C19H30FN5O3S. The van der Waals surface area contributed by atoms with Gasteiger partial charge in [0.1, 0.15) is 5.82 Å². The lowest BCUT2D eigenvalue weighted by Crippen LogP contribution is -2.47. The normalized spacial score (nSPS) is 21.8. The van der Waals surface area contributed by atoms with Crippen molar-refractivity contribution in [1.82, 2.24) is 19.8 Å². The number of hydrogen-bond donors (Lipinski definition) is 2. The molecule has 1 aromatic rings. The van der Waals surface area contributed by atoms with Crippen LogP contribution in [0.2, 0.25) is 0 Å². The first-order chi connectivity index (χ1) is 14.0. The van der Waals surface area contributed by atoms with E-state index in [1.165, 1.54) is 16.4 Å². The first kappa shape index (κ1) is 21.9. The van der Waals surface area contributed by atoms with Gasteiger partial charge in [-0.25, -0.2) is 17.1 Å². The van der Waals surface area contributed by atoms with E-state index in [9.17, 15) is 12.8 Å². The number of benzene rings is 1. The number of nitrogens with zero attached hydrogens (tertiary/aromatic N) is 3. The van der Waals surface area contributed by atoms with Crippen molar-refractivity contribution in [3.63, 3.8) is 0 Å². The van der Waals surface area contributed by atoms with Crippen LogP contribution >= 0.6 is 0 Å². The van der Waals surface area contributed by atoms with Gasteiger partial charge in [0.15, 0.2) is 5.96 Å². The van der Waals surface area contributed by atoms with Crippen LogP contribution in [0.1, 0.15) is 18.0 Å². The van der Waals surface area contributed by atoms with E-state index in [0.29, 0.717) is 51.8 Å². The molecule has 3 rings (SSSR count). The highest BCUT2D eigenvalue weighted by Gasteiger charge is 2.27. The lowest BCUT2D eigenvalue weighted by molar-refractivity contribution is 0.0170. The van der Waals surface area contributed by atoms with E-state index in [-0.39, 0.29) is 17.6 Å². The van der Waals surface area contributed by atoms with E-state index in [1.54, 1.807) is 7.05 Å². The second kappa shape index (κ2) is 10.3. The molecule has 2 aliphatic heterocycles. The van der Waals surface area contributed by atoms with Crippen LogP contribution in [0.4, 0.5) is 4.39 Å². The van der Waals surface area contributed by atoms with Gasteiger partial charge in [-0.3, -0.25) is 9.89 Å². The molecule has 0 aliphatic carbocycles. The van der Waals surface area contributed by atoms with Crippen molar-refractivity contribution in [1.29, 1.82) is 0 Å². The Morgan fingerprint density at radius 1 is 1.21 bits per heavy atom. The third-order valence-corrected chi connectivity index (χ3v) is 7.24. The van der Waals surface area contributed by atoms with Crippen molar-refractivity contribution in [2.24, 2.45) is 4.99 Å². The Bertz CT molecular complexity index is 782. The number of aliphatic imine (C=N–C) groups is 1. The lowest BCUT2D eigenvalue weighted by atomic mass is 10.0. The fourth-order valence-electron chi connectivity index (χ4n) is 3.69. The van der Waals surface area contributed by atoms with Gasteiger partial charge < -0.3 is 15.4 Å². The van der Waals surface area contributed by atoms with Crippen LogP contribution in [0.3, 0.4) is 0 Å². The third kappa shape index (κ3) is 6.11. The monoisotopic (exact) mass is 427 g/mol. The van der Waals surface area contributed by atoms with Gasteiger partial charge in [0, 0.05) is 46.3 Å². The standard InChI is InChI=1S/C19H30FN5O3S/c1-21-19(22-7-9-25-8-2-14-29(25,26)27)23-15-18(24-10-12-28-13-11-24)16-3-5-17(20)6-4-16/h3-6,18H,2,7-15H2,1H3,(H2,21,22,23). The summed E-state index contributed by atoms with van der Waals surface area (Å²) in [5.41, 5.74) is 1.03. The summed E-state index contributed by atoms with van der Waals surface area (Å²) >= 11 is 0. The van der Waals surface area contributed by atoms with E-state index in [1.807, 2.05) is 12.1 Å². The molecule has 10 heteroatoms. The minimum Gasteiger partial charge on any atom is -0.379 e. The van der Waals surface area contributed by atoms with E-state index in [0.717, 1.165) is 18.7 Å². The fraction of sp³-hybridized carbons (Fsp3) is 0.632. The molecule has 0 aromatic heterocycles. The molecule has 1 aromatic carbocycles. The topological polar surface area (TPSA) is 86.3 Å². The second-order valence-electron chi connectivity index (χ2n) is 7.16. The van der Waals surface area contributed by atoms with Crippen molar-refractivity contribution in [2.75, 3.05) is 65.3 Å². The van der Waals surface area contributed by atoms with Gasteiger partial charge in [-0.15, -0.1) is 0 Å². The second-order valence-corrected chi connectivity index (χ2v) is 9.25. The molecule has 1 unspecified atom stereocenters. The first-order valence-corrected chi connectivity index (χ1v) is 11.6. The zero-order valence-corrected chi connectivity index (χ0v) is 17.6. The Labute approximate surface area is 172 Å². The number of hydrogen-bond acceptors (Lipinski definition) is 5. The highest BCUT2D eigenvalue weighted by atomic mass is 32.2. The fourth-order valence-corrected chi connectivity index (χ4v) is 5.22. The average Bonchev–Trinajstić information content (AvgIpc) is 3.07. The lowest BCUT2D eigenvalue weighted by Gasteiger charge is -2.35. The Balaban J connectivity index is 1.56. The minimum atomic E-state index is -3.09. The van der Waals surface area contributed by atoms with Crippen LogP contribution in [0.15, 0.2) is 29.3 Å². The molecule has 2 heterocycles. The molecule has 0 radical (unpaired) electrons. The summed E-state index contributed by atoms with van der Waals surface area (Å²) in [6.45, 7) is 5.05. The number of rotatable bonds is 7. The number of nitrogens with one attached hydrogen (secondary N) is 2. The number of sulfonamides is 1. The van der Waals surface area contributed by atoms with Crippen molar-refractivity contribution in [3.8, 4) is 0 Å². The summed E-state index contributed by atoms with van der Waals surface area (Å²) in [5.74, 6) is 0.595. The number of ether oxygens (including phenoxy) is 1. The predicted octanol–water partition coefficient (Wildman–Crippen LogP) is 0.400. The van der Waals surface area contributed by atoms with Crippen molar-refractivity contribution < 1.29 is 17.5 Å². The molecule has 0 saturated carbocycles. The van der Waals surface area contributed by atoms with Gasteiger partial charge in [-0.05, 0) is 24.1 Å². The number of morpholine rings is 1. The summed E-state index contributed by atoms with van der Waals surface area (Å²) in [4.78, 5) is 6.55. The van der Waals surface area contributed by atoms with Crippen LogP contribution in [-0.4, -0.2) is 88.9 Å². The van der Waals surface area contributed by atoms with E-state index in [4.69, 9.17) is 4.74 Å². The summed E-state index contributed by atoms with van der Waals surface area (Å²) in [6, 6.07) is 6.63. The van der Waals surface area contributed by atoms with Gasteiger partial charge >= 0.3 is 0 Å². The highest BCUT2D eigenvalue weighted by Crippen LogP contribution is 2.21. The van der Waals surface area contributed by atoms with Gasteiger partial charge in [-0.1, -0.05) is 12.1 Å². The molecule has 1 atom stereocenters. The maximum absolute atomic E-state index is 13.4. The van der Waals surface area contributed by atoms with Crippen LogP contribution in [0.5, 0.6) is 0 Å². The Kier molecular flexibility index (Phi) is 7.82. The zero-order valence-electron chi connectivity index (χ0n) is 16.8. The van der Waals surface area contributed by atoms with Gasteiger partial charge in [0.25, 0.3) is 0 Å². The quantitative estimate of drug-likeness (QED) is 0.484. The van der Waals surface area contributed by atoms with Crippen molar-refractivity contribution in [2.45, 2.75) is 12.5 Å². The van der Waals surface area contributed by atoms with Gasteiger partial charge in [-0.2, -0.15) is 0 Å². The molecule has 2 N–H and O–H groups in total. The van der Waals surface area contributed by atoms with Gasteiger partial charge in [0.2, 0.25) is 10.0 Å². The van der Waals surface area contributed by atoms with Crippen LogP contribution in [0, 0.1) is 5.82 Å². The predicted molar refractivity (Wildman–Crippen MR) is 111 cm³/mol. The summed E-state index contributed by atoms with van der Waals surface area (Å²) in [6.07, 6.45) is 0.689. The molecule has 29 heavy (non-hydrogen) atoms. The summed E-state index contributed by atoms with van der Waals surface area (Å²) < 4.78 is 44.1. The third-order valence-electron chi connectivity index (χ3n) is 5.28. The number of guanidine groups is 1.